The van der Waals surface area contributed by atoms with Gasteiger partial charge in [-0.25, -0.2) is 19.3 Å². The molecule has 0 fully saturated rings. The van der Waals surface area contributed by atoms with Crippen molar-refractivity contribution < 1.29 is 0 Å². The fraction of sp³-hybridized carbons (Fsp3) is 0.0833. The van der Waals surface area contributed by atoms with Crippen LogP contribution in [0.15, 0.2) is 45.9 Å². The molecule has 0 amide bonds. The van der Waals surface area contributed by atoms with Gasteiger partial charge in [-0.15, -0.1) is 0 Å². The van der Waals surface area contributed by atoms with Crippen molar-refractivity contribution in [2.75, 3.05) is 0 Å². The molecule has 0 bridgehead atoms. The first-order valence-electron chi connectivity index (χ1n) is 5.33. The molecule has 0 radical (unpaired) electrons. The molecule has 3 aromatic rings. The van der Waals surface area contributed by atoms with E-state index in [-0.39, 0.29) is 5.69 Å². The van der Waals surface area contributed by atoms with Crippen LogP contribution in [0.1, 0.15) is 0 Å². The third-order valence-corrected chi connectivity index (χ3v) is 3.18. The van der Waals surface area contributed by atoms with Gasteiger partial charge >= 0.3 is 5.69 Å². The lowest BCUT2D eigenvalue weighted by Crippen LogP contribution is -2.22. The van der Waals surface area contributed by atoms with Gasteiger partial charge in [0, 0.05) is 19.4 Å². The second-order valence-electron chi connectivity index (χ2n) is 3.87. The molecule has 0 atom stereocenters. The highest BCUT2D eigenvalue weighted by Gasteiger charge is 2.13. The first kappa shape index (κ1) is 11.2. The van der Waals surface area contributed by atoms with E-state index >= 15 is 0 Å². The van der Waals surface area contributed by atoms with Crippen LogP contribution < -0.4 is 5.69 Å². The Labute approximate surface area is 111 Å². The van der Waals surface area contributed by atoms with Crippen molar-refractivity contribution in [1.29, 1.82) is 0 Å². The Morgan fingerprint density at radius 2 is 1.72 bits per heavy atom. The summed E-state index contributed by atoms with van der Waals surface area (Å²) >= 11 is 3.27. The summed E-state index contributed by atoms with van der Waals surface area (Å²) in [5.41, 5.74) is 1.50. The average Bonchev–Trinajstić information content (AvgIpc) is 2.64. The van der Waals surface area contributed by atoms with Crippen molar-refractivity contribution in [3.05, 3.63) is 51.6 Å². The van der Waals surface area contributed by atoms with Crippen LogP contribution >= 0.6 is 15.9 Å². The molecule has 90 valence electrons. The third-order valence-electron chi connectivity index (χ3n) is 2.77. The Kier molecular flexibility index (Phi) is 2.52. The fourth-order valence-electron chi connectivity index (χ4n) is 1.91. The first-order chi connectivity index (χ1) is 8.68. The van der Waals surface area contributed by atoms with Crippen molar-refractivity contribution in [2.45, 2.75) is 0 Å². The van der Waals surface area contributed by atoms with Gasteiger partial charge in [0.05, 0.1) is 15.5 Å². The number of fused-ring (bicyclic) bond motifs is 1. The molecule has 0 spiro atoms. The molecule has 0 unspecified atom stereocenters. The van der Waals surface area contributed by atoms with Crippen LogP contribution in [-0.2, 0) is 7.05 Å². The summed E-state index contributed by atoms with van der Waals surface area (Å²) in [5, 5.41) is 0. The number of nitrogens with zero attached hydrogens (tertiary/aromatic N) is 4. The lowest BCUT2D eigenvalue weighted by atomic mass is 10.3. The first-order valence-corrected chi connectivity index (χ1v) is 6.12. The number of aromatic nitrogens is 4. The number of rotatable bonds is 1. The zero-order valence-corrected chi connectivity index (χ0v) is 11.1. The Bertz CT molecular complexity index is 773. The van der Waals surface area contributed by atoms with Crippen LogP contribution in [0.3, 0.4) is 0 Å². The van der Waals surface area contributed by atoms with E-state index in [1.807, 2.05) is 24.3 Å². The molecule has 18 heavy (non-hydrogen) atoms. The lowest BCUT2D eigenvalue weighted by Gasteiger charge is -2.00. The van der Waals surface area contributed by atoms with Crippen molar-refractivity contribution >= 4 is 27.0 Å². The minimum atomic E-state index is -0.154. The van der Waals surface area contributed by atoms with Crippen molar-refractivity contribution in [3.63, 3.8) is 0 Å². The topological polar surface area (TPSA) is 52.7 Å². The highest BCUT2D eigenvalue weighted by molar-refractivity contribution is 9.10. The van der Waals surface area contributed by atoms with Gasteiger partial charge in [-0.2, -0.15) is 0 Å². The molecule has 6 heteroatoms. The molecule has 0 N–H and O–H groups in total. The zero-order chi connectivity index (χ0) is 12.7. The van der Waals surface area contributed by atoms with Gasteiger partial charge in [0.1, 0.15) is 0 Å². The standard InChI is InChI=1S/C12H9BrN4O/c1-16-9-4-2-3-5-10(9)17(12(16)18)11-14-6-8(13)7-15-11/h2-7H,1H3. The number of aryl methyl sites for hydroxylation is 1. The quantitative estimate of drug-likeness (QED) is 0.690. The number of hydrogen-bond donors (Lipinski definition) is 0. The molecule has 5 nitrogen and oxygen atoms in total. The van der Waals surface area contributed by atoms with Crippen molar-refractivity contribution in [2.24, 2.45) is 7.05 Å². The van der Waals surface area contributed by atoms with Crippen LogP contribution in [0.4, 0.5) is 0 Å². The van der Waals surface area contributed by atoms with Gasteiger partial charge in [-0.1, -0.05) is 12.1 Å². The Morgan fingerprint density at radius 1 is 1.11 bits per heavy atom. The Balaban J connectivity index is 2.39. The SMILES string of the molecule is Cn1c(=O)n(-c2ncc(Br)cn2)c2ccccc21. The van der Waals surface area contributed by atoms with Gasteiger partial charge in [0.15, 0.2) is 0 Å². The van der Waals surface area contributed by atoms with Crippen LogP contribution in [0.2, 0.25) is 0 Å². The number of hydrogen-bond acceptors (Lipinski definition) is 3. The fourth-order valence-corrected chi connectivity index (χ4v) is 2.11. The number of halogens is 1. The largest absolute Gasteiger partial charge is 0.335 e. The molecule has 2 heterocycles. The Morgan fingerprint density at radius 3 is 2.39 bits per heavy atom. The zero-order valence-electron chi connectivity index (χ0n) is 9.54. The molecule has 3 rings (SSSR count). The summed E-state index contributed by atoms with van der Waals surface area (Å²) < 4.78 is 3.86. The molecule has 1 aromatic carbocycles. The van der Waals surface area contributed by atoms with E-state index in [0.29, 0.717) is 5.95 Å². The highest BCUT2D eigenvalue weighted by Crippen LogP contribution is 2.14. The smallest absolute Gasteiger partial charge is 0.295 e. The summed E-state index contributed by atoms with van der Waals surface area (Å²) in [7, 11) is 1.74. The summed E-state index contributed by atoms with van der Waals surface area (Å²) in [4.78, 5) is 20.5. The summed E-state index contributed by atoms with van der Waals surface area (Å²) in [5.74, 6) is 0.375. The van der Waals surface area contributed by atoms with Crippen molar-refractivity contribution in [3.8, 4) is 5.95 Å². The van der Waals surface area contributed by atoms with E-state index in [2.05, 4.69) is 25.9 Å². The number of para-hydroxylation sites is 2. The second kappa shape index (κ2) is 4.06. The predicted octanol–water partition coefficient (Wildman–Crippen LogP) is 1.88. The number of benzene rings is 1. The molecular formula is C12H9BrN4O. The minimum Gasteiger partial charge on any atom is -0.295 e. The summed E-state index contributed by atoms with van der Waals surface area (Å²) in [6, 6.07) is 7.56. The molecule has 0 aliphatic carbocycles. The maximum absolute atomic E-state index is 12.2. The van der Waals surface area contributed by atoms with E-state index in [1.165, 1.54) is 4.57 Å². The van der Waals surface area contributed by atoms with Gasteiger partial charge in [-0.05, 0) is 28.1 Å². The van der Waals surface area contributed by atoms with Crippen LogP contribution in [0, 0.1) is 0 Å². The average molecular weight is 305 g/mol. The molecule has 2 aromatic heterocycles. The predicted molar refractivity (Wildman–Crippen MR) is 71.8 cm³/mol. The third kappa shape index (κ3) is 1.57. The summed E-state index contributed by atoms with van der Waals surface area (Å²) in [6.45, 7) is 0. The summed E-state index contributed by atoms with van der Waals surface area (Å²) in [6.07, 6.45) is 3.24. The highest BCUT2D eigenvalue weighted by atomic mass is 79.9. The maximum atomic E-state index is 12.2. The monoisotopic (exact) mass is 304 g/mol. The van der Waals surface area contributed by atoms with E-state index in [9.17, 15) is 4.79 Å². The van der Waals surface area contributed by atoms with Crippen LogP contribution in [0.5, 0.6) is 0 Å². The molecule has 0 aliphatic rings. The van der Waals surface area contributed by atoms with Gasteiger partial charge in [0.25, 0.3) is 0 Å². The Hall–Kier alpha value is -1.95. The van der Waals surface area contributed by atoms with Gasteiger partial charge in [-0.3, -0.25) is 4.57 Å². The second-order valence-corrected chi connectivity index (χ2v) is 4.78. The molecule has 0 saturated heterocycles. The van der Waals surface area contributed by atoms with Crippen LogP contribution in [-0.4, -0.2) is 19.1 Å². The molecular weight excluding hydrogens is 296 g/mol. The van der Waals surface area contributed by atoms with Crippen LogP contribution in [0.25, 0.3) is 17.0 Å². The van der Waals surface area contributed by atoms with Gasteiger partial charge < -0.3 is 0 Å². The number of imidazole rings is 1. The minimum absolute atomic E-state index is 0.154. The normalized spacial score (nSPS) is 11.0. The van der Waals surface area contributed by atoms with E-state index < -0.39 is 0 Å². The van der Waals surface area contributed by atoms with Crippen molar-refractivity contribution in [1.82, 2.24) is 19.1 Å². The van der Waals surface area contributed by atoms with E-state index in [1.54, 1.807) is 24.0 Å². The lowest BCUT2D eigenvalue weighted by molar-refractivity contribution is 0.815. The van der Waals surface area contributed by atoms with E-state index in [4.69, 9.17) is 0 Å². The maximum Gasteiger partial charge on any atom is 0.335 e. The molecule has 0 aliphatic heterocycles. The van der Waals surface area contributed by atoms with E-state index in [0.717, 1.165) is 15.5 Å². The van der Waals surface area contributed by atoms with Gasteiger partial charge in [0.2, 0.25) is 5.95 Å². The molecule has 0 saturated carbocycles.